The number of rotatable bonds is 5. The van der Waals surface area contributed by atoms with Gasteiger partial charge in [-0.1, -0.05) is 19.3 Å². The van der Waals surface area contributed by atoms with Crippen LogP contribution >= 0.6 is 0 Å². The van der Waals surface area contributed by atoms with Crippen LogP contribution in [0.5, 0.6) is 0 Å². The second-order valence-corrected chi connectivity index (χ2v) is 6.27. The van der Waals surface area contributed by atoms with Crippen LogP contribution in [0.1, 0.15) is 50.2 Å². The van der Waals surface area contributed by atoms with Crippen molar-refractivity contribution < 1.29 is 14.3 Å². The smallest absolute Gasteiger partial charge is 0.246 e. The van der Waals surface area contributed by atoms with E-state index in [9.17, 15) is 4.79 Å². The molecule has 6 heteroatoms. The van der Waals surface area contributed by atoms with E-state index in [2.05, 4.69) is 10.4 Å². The highest BCUT2D eigenvalue weighted by Crippen LogP contribution is 2.28. The van der Waals surface area contributed by atoms with E-state index >= 15 is 0 Å². The average molecular weight is 307 g/mol. The molecule has 0 bridgehead atoms. The normalized spacial score (nSPS) is 26.2. The van der Waals surface area contributed by atoms with Crippen molar-refractivity contribution in [1.29, 1.82) is 0 Å². The number of amides is 1. The van der Waals surface area contributed by atoms with E-state index in [4.69, 9.17) is 9.47 Å². The zero-order valence-electron chi connectivity index (χ0n) is 13.2. The van der Waals surface area contributed by atoms with Crippen molar-refractivity contribution in [2.24, 2.45) is 7.05 Å². The van der Waals surface area contributed by atoms with Crippen molar-refractivity contribution in [3.05, 3.63) is 18.0 Å². The van der Waals surface area contributed by atoms with Gasteiger partial charge in [0.15, 0.2) is 0 Å². The molecule has 0 unspecified atom stereocenters. The number of hydrogen-bond acceptors (Lipinski definition) is 4. The molecule has 22 heavy (non-hydrogen) atoms. The van der Waals surface area contributed by atoms with Gasteiger partial charge >= 0.3 is 0 Å². The minimum absolute atomic E-state index is 0.00616. The standard InChI is InChI=1S/C16H25N3O3/c1-19-10-12(9-17-19)16-14(7-8-21-16)18-15(20)11-22-13-5-3-2-4-6-13/h9-10,13-14,16H,2-8,11H2,1H3,(H,18,20)/t14-,16+/m0/s1. The fourth-order valence-electron chi connectivity index (χ4n) is 3.33. The molecular weight excluding hydrogens is 282 g/mol. The molecule has 2 atom stereocenters. The predicted octanol–water partition coefficient (Wildman–Crippen LogP) is 1.72. The Labute approximate surface area is 131 Å². The summed E-state index contributed by atoms with van der Waals surface area (Å²) in [6.07, 6.45) is 10.6. The highest BCUT2D eigenvalue weighted by molar-refractivity contribution is 5.77. The van der Waals surface area contributed by atoms with Gasteiger partial charge in [0, 0.05) is 25.4 Å². The fraction of sp³-hybridized carbons (Fsp3) is 0.750. The van der Waals surface area contributed by atoms with Crippen LogP contribution in [0, 0.1) is 0 Å². The molecule has 6 nitrogen and oxygen atoms in total. The van der Waals surface area contributed by atoms with Crippen molar-refractivity contribution in [1.82, 2.24) is 15.1 Å². The molecule has 1 aliphatic heterocycles. The molecule has 1 amide bonds. The number of aryl methyl sites for hydroxylation is 1. The van der Waals surface area contributed by atoms with Crippen molar-refractivity contribution >= 4 is 5.91 Å². The summed E-state index contributed by atoms with van der Waals surface area (Å²) in [6.45, 7) is 0.814. The van der Waals surface area contributed by atoms with Gasteiger partial charge in [0.25, 0.3) is 0 Å². The molecule has 0 spiro atoms. The molecule has 3 rings (SSSR count). The first kappa shape index (κ1) is 15.5. The van der Waals surface area contributed by atoms with Crippen LogP contribution in [-0.2, 0) is 21.3 Å². The summed E-state index contributed by atoms with van der Waals surface area (Å²) in [5.74, 6) is -0.0463. The third-order valence-electron chi connectivity index (χ3n) is 4.49. The Balaban J connectivity index is 1.47. The molecule has 1 aliphatic carbocycles. The minimum Gasteiger partial charge on any atom is -0.371 e. The molecule has 2 heterocycles. The van der Waals surface area contributed by atoms with E-state index in [1.807, 2.05) is 13.2 Å². The van der Waals surface area contributed by atoms with Gasteiger partial charge in [-0.3, -0.25) is 9.48 Å². The van der Waals surface area contributed by atoms with Crippen molar-refractivity contribution in [2.75, 3.05) is 13.2 Å². The molecule has 2 aliphatic rings. The number of carbonyl (C=O) groups is 1. The van der Waals surface area contributed by atoms with Crippen LogP contribution in [-0.4, -0.2) is 41.0 Å². The summed E-state index contributed by atoms with van der Waals surface area (Å²) in [5.41, 5.74) is 1.01. The lowest BCUT2D eigenvalue weighted by Gasteiger charge is -2.23. The Morgan fingerprint density at radius 3 is 2.95 bits per heavy atom. The highest BCUT2D eigenvalue weighted by Gasteiger charge is 2.31. The largest absolute Gasteiger partial charge is 0.371 e. The lowest BCUT2D eigenvalue weighted by molar-refractivity contribution is -0.129. The monoisotopic (exact) mass is 307 g/mol. The number of ether oxygens (including phenoxy) is 2. The summed E-state index contributed by atoms with van der Waals surface area (Å²) in [4.78, 5) is 12.1. The first-order chi connectivity index (χ1) is 10.7. The second kappa shape index (κ2) is 7.24. The first-order valence-electron chi connectivity index (χ1n) is 8.23. The molecule has 1 aromatic heterocycles. The van der Waals surface area contributed by atoms with Crippen LogP contribution in [0.3, 0.4) is 0 Å². The van der Waals surface area contributed by atoms with Gasteiger partial charge in [-0.2, -0.15) is 5.10 Å². The zero-order valence-corrected chi connectivity index (χ0v) is 13.2. The van der Waals surface area contributed by atoms with E-state index in [-0.39, 0.29) is 30.8 Å². The third-order valence-corrected chi connectivity index (χ3v) is 4.49. The molecule has 122 valence electrons. The lowest BCUT2D eigenvalue weighted by atomic mass is 9.98. The van der Waals surface area contributed by atoms with Gasteiger partial charge in [-0.25, -0.2) is 0 Å². The van der Waals surface area contributed by atoms with Crippen LogP contribution in [0.4, 0.5) is 0 Å². The van der Waals surface area contributed by atoms with Gasteiger partial charge in [-0.15, -0.1) is 0 Å². The van der Waals surface area contributed by atoms with E-state index < -0.39 is 0 Å². The van der Waals surface area contributed by atoms with Gasteiger partial charge in [-0.05, 0) is 19.3 Å². The Morgan fingerprint density at radius 1 is 1.41 bits per heavy atom. The maximum absolute atomic E-state index is 12.1. The van der Waals surface area contributed by atoms with E-state index in [0.717, 1.165) is 24.8 Å². The van der Waals surface area contributed by atoms with E-state index in [1.165, 1.54) is 19.3 Å². The fourth-order valence-corrected chi connectivity index (χ4v) is 3.33. The Kier molecular flexibility index (Phi) is 5.10. The van der Waals surface area contributed by atoms with Gasteiger partial charge in [0.1, 0.15) is 12.7 Å². The molecule has 0 radical (unpaired) electrons. The molecule has 0 aromatic carbocycles. The average Bonchev–Trinajstić information content (AvgIpc) is 3.15. The molecule has 1 saturated heterocycles. The highest BCUT2D eigenvalue weighted by atomic mass is 16.5. The lowest BCUT2D eigenvalue weighted by Crippen LogP contribution is -2.39. The maximum Gasteiger partial charge on any atom is 0.246 e. The van der Waals surface area contributed by atoms with Crippen molar-refractivity contribution in [2.45, 2.75) is 56.8 Å². The van der Waals surface area contributed by atoms with Crippen LogP contribution in [0.2, 0.25) is 0 Å². The summed E-state index contributed by atoms with van der Waals surface area (Å²) >= 11 is 0. The van der Waals surface area contributed by atoms with Crippen molar-refractivity contribution in [3.63, 3.8) is 0 Å². The Hall–Kier alpha value is -1.40. The molecule has 2 fully saturated rings. The maximum atomic E-state index is 12.1. The van der Waals surface area contributed by atoms with Gasteiger partial charge in [0.05, 0.1) is 18.3 Å². The molecule has 1 saturated carbocycles. The topological polar surface area (TPSA) is 65.4 Å². The SMILES string of the molecule is Cn1cc([C@H]2OCC[C@@H]2NC(=O)COC2CCCCC2)cn1. The summed E-state index contributed by atoms with van der Waals surface area (Å²) in [5, 5.41) is 7.22. The number of nitrogens with zero attached hydrogens (tertiary/aromatic N) is 2. The van der Waals surface area contributed by atoms with E-state index in [0.29, 0.717) is 6.61 Å². The second-order valence-electron chi connectivity index (χ2n) is 6.27. The van der Waals surface area contributed by atoms with Crippen LogP contribution in [0.15, 0.2) is 12.4 Å². The van der Waals surface area contributed by atoms with Gasteiger partial charge in [0.2, 0.25) is 5.91 Å². The predicted molar refractivity (Wildman–Crippen MR) is 81.3 cm³/mol. The summed E-state index contributed by atoms with van der Waals surface area (Å²) < 4.78 is 13.2. The number of nitrogens with one attached hydrogen (secondary N) is 1. The molecule has 1 aromatic rings. The summed E-state index contributed by atoms with van der Waals surface area (Å²) in [7, 11) is 1.88. The van der Waals surface area contributed by atoms with Crippen LogP contribution in [0.25, 0.3) is 0 Å². The van der Waals surface area contributed by atoms with E-state index in [1.54, 1.807) is 10.9 Å². The molecule has 1 N–H and O–H groups in total. The molecular formula is C16H25N3O3. The third kappa shape index (κ3) is 3.87. The number of carbonyl (C=O) groups excluding carboxylic acids is 1. The number of hydrogen-bond donors (Lipinski definition) is 1. The zero-order chi connectivity index (χ0) is 15.4. The minimum atomic E-state index is -0.104. The van der Waals surface area contributed by atoms with Crippen molar-refractivity contribution in [3.8, 4) is 0 Å². The van der Waals surface area contributed by atoms with Crippen LogP contribution < -0.4 is 5.32 Å². The summed E-state index contributed by atoms with van der Waals surface area (Å²) in [6, 6.07) is 0.00616. The first-order valence-corrected chi connectivity index (χ1v) is 8.23. The Morgan fingerprint density at radius 2 is 2.23 bits per heavy atom. The number of aromatic nitrogens is 2. The quantitative estimate of drug-likeness (QED) is 0.899. The Bertz CT molecular complexity index is 497. The van der Waals surface area contributed by atoms with Gasteiger partial charge < -0.3 is 14.8 Å².